The number of hydrogen-bond donors (Lipinski definition) is 1. The lowest BCUT2D eigenvalue weighted by molar-refractivity contribution is 0.577. The second-order valence-electron chi connectivity index (χ2n) is 3.57. The summed E-state index contributed by atoms with van der Waals surface area (Å²) in [6.07, 6.45) is 7.94. The first kappa shape index (κ1) is 13.0. The van der Waals surface area contributed by atoms with Crippen LogP contribution in [-0.4, -0.2) is 6.54 Å². The van der Waals surface area contributed by atoms with Crippen LogP contribution in [0.4, 0.5) is 4.39 Å². The Hall–Kier alpha value is -1.04. The zero-order valence-corrected chi connectivity index (χ0v) is 9.86. The van der Waals surface area contributed by atoms with Gasteiger partial charge in [0.25, 0.3) is 0 Å². The Morgan fingerprint density at radius 3 is 2.94 bits per heavy atom. The maximum atomic E-state index is 13.3. The van der Waals surface area contributed by atoms with Gasteiger partial charge in [0, 0.05) is 23.6 Å². The zero-order chi connectivity index (χ0) is 11.8. The van der Waals surface area contributed by atoms with E-state index < -0.39 is 0 Å². The Kier molecular flexibility index (Phi) is 5.92. The van der Waals surface area contributed by atoms with Crippen molar-refractivity contribution in [1.82, 2.24) is 5.32 Å². The van der Waals surface area contributed by atoms with Crippen LogP contribution in [0.3, 0.4) is 0 Å². The number of nitrogens with one attached hydrogen (secondary N) is 1. The average Bonchev–Trinajstić information content (AvgIpc) is 2.28. The number of terminal acetylenes is 1. The Bertz CT molecular complexity index is 371. The minimum absolute atomic E-state index is 0.222. The first-order valence-corrected chi connectivity index (χ1v) is 5.70. The van der Waals surface area contributed by atoms with Crippen molar-refractivity contribution >= 4 is 11.6 Å². The molecule has 16 heavy (non-hydrogen) atoms. The summed E-state index contributed by atoms with van der Waals surface area (Å²) < 4.78 is 13.3. The minimum atomic E-state index is -0.222. The van der Waals surface area contributed by atoms with Gasteiger partial charge in [-0.1, -0.05) is 11.6 Å². The van der Waals surface area contributed by atoms with Crippen molar-refractivity contribution in [1.29, 1.82) is 0 Å². The van der Waals surface area contributed by atoms with E-state index in [0.717, 1.165) is 25.8 Å². The van der Waals surface area contributed by atoms with Crippen LogP contribution in [0.25, 0.3) is 0 Å². The molecule has 0 radical (unpaired) electrons. The number of unbranched alkanes of at least 4 members (excludes halogenated alkanes) is 2. The molecule has 1 N–H and O–H groups in total. The highest BCUT2D eigenvalue weighted by molar-refractivity contribution is 6.30. The van der Waals surface area contributed by atoms with Crippen LogP contribution >= 0.6 is 11.6 Å². The first-order valence-electron chi connectivity index (χ1n) is 5.32. The molecule has 0 aliphatic rings. The van der Waals surface area contributed by atoms with Gasteiger partial charge in [0.15, 0.2) is 0 Å². The fourth-order valence-corrected chi connectivity index (χ4v) is 1.57. The fourth-order valence-electron chi connectivity index (χ4n) is 1.38. The predicted molar refractivity (Wildman–Crippen MR) is 65.8 cm³/mol. The summed E-state index contributed by atoms with van der Waals surface area (Å²) in [4.78, 5) is 0. The number of benzene rings is 1. The van der Waals surface area contributed by atoms with Crippen molar-refractivity contribution in [2.24, 2.45) is 0 Å². The topological polar surface area (TPSA) is 12.0 Å². The summed E-state index contributed by atoms with van der Waals surface area (Å²) >= 11 is 5.78. The molecule has 0 spiro atoms. The summed E-state index contributed by atoms with van der Waals surface area (Å²) in [6, 6.07) is 4.58. The van der Waals surface area contributed by atoms with Gasteiger partial charge in [0.1, 0.15) is 5.82 Å². The quantitative estimate of drug-likeness (QED) is 0.593. The van der Waals surface area contributed by atoms with E-state index in [1.165, 1.54) is 6.07 Å². The molecule has 0 aliphatic carbocycles. The SMILES string of the molecule is C#CCCCCNCc1cc(Cl)ccc1F. The first-order chi connectivity index (χ1) is 7.74. The van der Waals surface area contributed by atoms with Gasteiger partial charge in [-0.3, -0.25) is 0 Å². The van der Waals surface area contributed by atoms with Crippen LogP contribution in [0, 0.1) is 18.2 Å². The molecule has 0 unspecified atom stereocenters. The van der Waals surface area contributed by atoms with Crippen molar-refractivity contribution in [3.8, 4) is 12.3 Å². The molecule has 1 aromatic carbocycles. The van der Waals surface area contributed by atoms with E-state index in [2.05, 4.69) is 11.2 Å². The van der Waals surface area contributed by atoms with E-state index in [4.69, 9.17) is 18.0 Å². The van der Waals surface area contributed by atoms with E-state index in [0.29, 0.717) is 17.1 Å². The molecule has 0 aliphatic heterocycles. The molecule has 1 nitrogen and oxygen atoms in total. The lowest BCUT2D eigenvalue weighted by Crippen LogP contribution is -2.15. The third kappa shape index (κ3) is 4.65. The zero-order valence-electron chi connectivity index (χ0n) is 9.10. The highest BCUT2D eigenvalue weighted by Crippen LogP contribution is 2.14. The van der Waals surface area contributed by atoms with Gasteiger partial charge in [-0.15, -0.1) is 12.3 Å². The van der Waals surface area contributed by atoms with E-state index >= 15 is 0 Å². The second-order valence-corrected chi connectivity index (χ2v) is 4.01. The van der Waals surface area contributed by atoms with Gasteiger partial charge in [0.2, 0.25) is 0 Å². The average molecular weight is 240 g/mol. The molecule has 86 valence electrons. The van der Waals surface area contributed by atoms with Crippen molar-refractivity contribution in [2.75, 3.05) is 6.54 Å². The van der Waals surface area contributed by atoms with E-state index in [1.807, 2.05) is 0 Å². The molecule has 0 aromatic heterocycles. The van der Waals surface area contributed by atoms with Crippen molar-refractivity contribution in [3.05, 3.63) is 34.6 Å². The smallest absolute Gasteiger partial charge is 0.127 e. The molecule has 3 heteroatoms. The second kappa shape index (κ2) is 7.27. The third-order valence-corrected chi connectivity index (χ3v) is 2.48. The van der Waals surface area contributed by atoms with E-state index in [1.54, 1.807) is 12.1 Å². The third-order valence-electron chi connectivity index (χ3n) is 2.25. The Balaban J connectivity index is 2.27. The summed E-state index contributed by atoms with van der Waals surface area (Å²) in [5, 5.41) is 3.72. The van der Waals surface area contributed by atoms with Crippen LogP contribution in [0.5, 0.6) is 0 Å². The van der Waals surface area contributed by atoms with Gasteiger partial charge < -0.3 is 5.32 Å². The Morgan fingerprint density at radius 2 is 2.19 bits per heavy atom. The van der Waals surface area contributed by atoms with Crippen molar-refractivity contribution in [2.45, 2.75) is 25.8 Å². The van der Waals surface area contributed by atoms with Crippen LogP contribution in [-0.2, 0) is 6.54 Å². The summed E-state index contributed by atoms with van der Waals surface area (Å²) in [5.74, 6) is 2.37. The maximum absolute atomic E-state index is 13.3. The molecule has 1 aromatic rings. The molecule has 0 heterocycles. The Labute approximate surface area is 101 Å². The van der Waals surface area contributed by atoms with Gasteiger partial charge in [-0.2, -0.15) is 0 Å². The maximum Gasteiger partial charge on any atom is 0.127 e. The van der Waals surface area contributed by atoms with Crippen LogP contribution in [0.1, 0.15) is 24.8 Å². The molecular formula is C13H15ClFN. The summed E-state index contributed by atoms with van der Waals surface area (Å²) in [6.45, 7) is 1.34. The number of rotatable bonds is 6. The normalized spacial score (nSPS) is 10.1. The molecule has 0 fully saturated rings. The molecule has 1 rings (SSSR count). The van der Waals surface area contributed by atoms with Gasteiger partial charge >= 0.3 is 0 Å². The highest BCUT2D eigenvalue weighted by Gasteiger charge is 2.01. The number of hydrogen-bond acceptors (Lipinski definition) is 1. The Morgan fingerprint density at radius 1 is 1.38 bits per heavy atom. The summed E-state index contributed by atoms with van der Waals surface area (Å²) in [7, 11) is 0. The molecule has 0 saturated carbocycles. The van der Waals surface area contributed by atoms with Crippen molar-refractivity contribution in [3.63, 3.8) is 0 Å². The largest absolute Gasteiger partial charge is 0.313 e. The number of halogens is 2. The summed E-state index contributed by atoms with van der Waals surface area (Å²) in [5.41, 5.74) is 0.601. The van der Waals surface area contributed by atoms with Gasteiger partial charge in [-0.25, -0.2) is 4.39 Å². The van der Waals surface area contributed by atoms with Gasteiger partial charge in [0.05, 0.1) is 0 Å². The van der Waals surface area contributed by atoms with Crippen LogP contribution in [0.2, 0.25) is 5.02 Å². The molecular weight excluding hydrogens is 225 g/mol. The highest BCUT2D eigenvalue weighted by atomic mass is 35.5. The monoisotopic (exact) mass is 239 g/mol. The molecule has 0 atom stereocenters. The van der Waals surface area contributed by atoms with Crippen LogP contribution in [0.15, 0.2) is 18.2 Å². The molecule has 0 amide bonds. The minimum Gasteiger partial charge on any atom is -0.313 e. The van der Waals surface area contributed by atoms with Crippen LogP contribution < -0.4 is 5.32 Å². The lowest BCUT2D eigenvalue weighted by Gasteiger charge is -2.05. The predicted octanol–water partition coefficient (Wildman–Crippen LogP) is 3.37. The molecule has 0 bridgehead atoms. The lowest BCUT2D eigenvalue weighted by atomic mass is 10.2. The molecule has 0 saturated heterocycles. The van der Waals surface area contributed by atoms with Gasteiger partial charge in [-0.05, 0) is 37.6 Å². The van der Waals surface area contributed by atoms with E-state index in [-0.39, 0.29) is 5.82 Å². The standard InChI is InChI=1S/C13H15ClFN/c1-2-3-4-5-8-16-10-11-9-12(14)6-7-13(11)15/h1,6-7,9,16H,3-5,8,10H2. The fraction of sp³-hybridized carbons (Fsp3) is 0.385. The van der Waals surface area contributed by atoms with Crippen molar-refractivity contribution < 1.29 is 4.39 Å². The van der Waals surface area contributed by atoms with E-state index in [9.17, 15) is 4.39 Å².